The minimum atomic E-state index is -0.345. The SMILES string of the molecule is COc1cc(N)cc(F)c1I. The molecule has 0 spiro atoms. The molecule has 0 aromatic heterocycles. The monoisotopic (exact) mass is 267 g/mol. The Morgan fingerprint density at radius 3 is 2.73 bits per heavy atom. The maximum atomic E-state index is 12.9. The van der Waals surface area contributed by atoms with Crippen LogP contribution in [0.15, 0.2) is 12.1 Å². The first-order valence-corrected chi connectivity index (χ1v) is 4.01. The summed E-state index contributed by atoms with van der Waals surface area (Å²) in [5.74, 6) is 0.130. The number of rotatable bonds is 1. The van der Waals surface area contributed by atoms with Crippen LogP contribution in [0.5, 0.6) is 5.75 Å². The summed E-state index contributed by atoms with van der Waals surface area (Å²) in [5, 5.41) is 0. The van der Waals surface area contributed by atoms with Crippen LogP contribution in [0, 0.1) is 9.39 Å². The largest absolute Gasteiger partial charge is 0.495 e. The van der Waals surface area contributed by atoms with Gasteiger partial charge in [-0.15, -0.1) is 0 Å². The van der Waals surface area contributed by atoms with Crippen LogP contribution in [0.2, 0.25) is 0 Å². The lowest BCUT2D eigenvalue weighted by molar-refractivity contribution is 0.407. The number of nitrogen functional groups attached to an aromatic ring is 1. The maximum absolute atomic E-state index is 12.9. The number of nitrogens with two attached hydrogens (primary N) is 1. The lowest BCUT2D eigenvalue weighted by atomic mass is 10.3. The Balaban J connectivity index is 3.24. The molecule has 0 unspecified atom stereocenters. The highest BCUT2D eigenvalue weighted by Gasteiger charge is 2.06. The van der Waals surface area contributed by atoms with Crippen molar-refractivity contribution >= 4 is 28.3 Å². The molecule has 0 heterocycles. The number of anilines is 1. The zero-order chi connectivity index (χ0) is 8.43. The summed E-state index contributed by atoms with van der Waals surface area (Å²) in [5.41, 5.74) is 5.76. The number of halogens is 2. The van der Waals surface area contributed by atoms with E-state index in [2.05, 4.69) is 0 Å². The minimum Gasteiger partial charge on any atom is -0.495 e. The smallest absolute Gasteiger partial charge is 0.142 e. The molecule has 0 saturated carbocycles. The first-order chi connectivity index (χ1) is 5.15. The van der Waals surface area contributed by atoms with Crippen molar-refractivity contribution < 1.29 is 9.13 Å². The summed E-state index contributed by atoms with van der Waals surface area (Å²) >= 11 is 1.87. The molecule has 1 rings (SSSR count). The van der Waals surface area contributed by atoms with Gasteiger partial charge < -0.3 is 10.5 Å². The minimum absolute atomic E-state index is 0.345. The van der Waals surface area contributed by atoms with Gasteiger partial charge in [-0.25, -0.2) is 4.39 Å². The highest BCUT2D eigenvalue weighted by atomic mass is 127. The predicted octanol–water partition coefficient (Wildman–Crippen LogP) is 2.02. The molecule has 0 aliphatic carbocycles. The van der Waals surface area contributed by atoms with Crippen molar-refractivity contribution in [2.45, 2.75) is 0 Å². The average molecular weight is 267 g/mol. The number of hydrogen-bond donors (Lipinski definition) is 1. The third-order valence-corrected chi connectivity index (χ3v) is 2.28. The average Bonchev–Trinajstić information content (AvgIpc) is 1.96. The van der Waals surface area contributed by atoms with Crippen LogP contribution < -0.4 is 10.5 Å². The fourth-order valence-electron chi connectivity index (χ4n) is 0.732. The van der Waals surface area contributed by atoms with Gasteiger partial charge >= 0.3 is 0 Å². The van der Waals surface area contributed by atoms with Crippen molar-refractivity contribution in [3.63, 3.8) is 0 Å². The summed E-state index contributed by atoms with van der Waals surface area (Å²) in [6.45, 7) is 0. The fourth-order valence-corrected chi connectivity index (χ4v) is 1.26. The van der Waals surface area contributed by atoms with Crippen LogP contribution in [-0.2, 0) is 0 Å². The Bertz CT molecular complexity index is 277. The molecule has 2 N–H and O–H groups in total. The Kier molecular flexibility index (Phi) is 2.53. The van der Waals surface area contributed by atoms with Crippen LogP contribution in [0.3, 0.4) is 0 Å². The van der Waals surface area contributed by atoms with E-state index in [1.165, 1.54) is 13.2 Å². The molecule has 1 aromatic carbocycles. The van der Waals surface area contributed by atoms with E-state index in [1.807, 2.05) is 22.6 Å². The summed E-state index contributed by atoms with van der Waals surface area (Å²) in [4.78, 5) is 0. The highest BCUT2D eigenvalue weighted by Crippen LogP contribution is 2.25. The molecular weight excluding hydrogens is 260 g/mol. The van der Waals surface area contributed by atoms with Gasteiger partial charge in [0.05, 0.1) is 10.7 Å². The molecule has 0 atom stereocenters. The van der Waals surface area contributed by atoms with Gasteiger partial charge in [-0.2, -0.15) is 0 Å². The molecule has 4 heteroatoms. The molecule has 0 aliphatic rings. The second kappa shape index (κ2) is 3.25. The van der Waals surface area contributed by atoms with E-state index in [-0.39, 0.29) is 5.82 Å². The topological polar surface area (TPSA) is 35.2 Å². The van der Waals surface area contributed by atoms with Crippen molar-refractivity contribution in [2.24, 2.45) is 0 Å². The molecule has 0 radical (unpaired) electrons. The number of benzene rings is 1. The summed E-state index contributed by atoms with van der Waals surface area (Å²) in [7, 11) is 1.48. The molecular formula is C7H7FINO. The normalized spacial score (nSPS) is 9.73. The van der Waals surface area contributed by atoms with Gasteiger partial charge in [0.2, 0.25) is 0 Å². The van der Waals surface area contributed by atoms with Gasteiger partial charge in [0.1, 0.15) is 11.6 Å². The Morgan fingerprint density at radius 2 is 2.18 bits per heavy atom. The van der Waals surface area contributed by atoms with Crippen LogP contribution >= 0.6 is 22.6 Å². The first-order valence-electron chi connectivity index (χ1n) is 2.93. The summed E-state index contributed by atoms with van der Waals surface area (Å²) in [6.07, 6.45) is 0. The second-order valence-corrected chi connectivity index (χ2v) is 3.10. The Labute approximate surface area is 77.7 Å². The highest BCUT2D eigenvalue weighted by molar-refractivity contribution is 14.1. The Morgan fingerprint density at radius 1 is 1.55 bits per heavy atom. The zero-order valence-electron chi connectivity index (χ0n) is 5.90. The lowest BCUT2D eigenvalue weighted by Gasteiger charge is -2.04. The van der Waals surface area contributed by atoms with Gasteiger partial charge in [-0.1, -0.05) is 0 Å². The second-order valence-electron chi connectivity index (χ2n) is 2.02. The molecule has 0 aliphatic heterocycles. The van der Waals surface area contributed by atoms with Crippen molar-refractivity contribution in [2.75, 3.05) is 12.8 Å². The third-order valence-electron chi connectivity index (χ3n) is 1.24. The van der Waals surface area contributed by atoms with Crippen LogP contribution in [0.1, 0.15) is 0 Å². The van der Waals surface area contributed by atoms with Gasteiger partial charge in [0.25, 0.3) is 0 Å². The van der Waals surface area contributed by atoms with Crippen molar-refractivity contribution in [1.82, 2.24) is 0 Å². The van der Waals surface area contributed by atoms with E-state index in [0.717, 1.165) is 0 Å². The Hall–Kier alpha value is -0.520. The number of hydrogen-bond acceptors (Lipinski definition) is 2. The molecule has 0 saturated heterocycles. The van der Waals surface area contributed by atoms with E-state index in [1.54, 1.807) is 6.07 Å². The molecule has 0 amide bonds. The zero-order valence-corrected chi connectivity index (χ0v) is 8.05. The molecule has 2 nitrogen and oxygen atoms in total. The van der Waals surface area contributed by atoms with Crippen LogP contribution in [0.25, 0.3) is 0 Å². The molecule has 0 fully saturated rings. The van der Waals surface area contributed by atoms with Crippen LogP contribution in [-0.4, -0.2) is 7.11 Å². The van der Waals surface area contributed by atoms with Gasteiger partial charge in [0, 0.05) is 11.8 Å². The standard InChI is InChI=1S/C7H7FINO/c1-11-6-3-4(10)2-5(8)7(6)9/h2-3H,10H2,1H3. The van der Waals surface area contributed by atoms with E-state index < -0.39 is 0 Å². The van der Waals surface area contributed by atoms with Crippen LogP contribution in [0.4, 0.5) is 10.1 Å². The molecule has 11 heavy (non-hydrogen) atoms. The van der Waals surface area contributed by atoms with Crippen molar-refractivity contribution in [3.8, 4) is 5.75 Å². The summed E-state index contributed by atoms with van der Waals surface area (Å²) < 4.78 is 18.2. The van der Waals surface area contributed by atoms with E-state index in [4.69, 9.17) is 10.5 Å². The van der Waals surface area contributed by atoms with E-state index >= 15 is 0 Å². The molecule has 1 aromatic rings. The molecule has 60 valence electrons. The molecule has 0 bridgehead atoms. The number of ether oxygens (including phenoxy) is 1. The summed E-state index contributed by atoms with van der Waals surface area (Å²) in [6, 6.07) is 2.86. The van der Waals surface area contributed by atoms with Crippen molar-refractivity contribution in [3.05, 3.63) is 21.5 Å². The van der Waals surface area contributed by atoms with Gasteiger partial charge in [-0.05, 0) is 28.7 Å². The first kappa shape index (κ1) is 8.58. The predicted molar refractivity (Wildman–Crippen MR) is 50.1 cm³/mol. The number of methoxy groups -OCH3 is 1. The van der Waals surface area contributed by atoms with Gasteiger partial charge in [-0.3, -0.25) is 0 Å². The van der Waals surface area contributed by atoms with Crippen molar-refractivity contribution in [1.29, 1.82) is 0 Å². The van der Waals surface area contributed by atoms with E-state index in [0.29, 0.717) is 15.0 Å². The fraction of sp³-hybridized carbons (Fsp3) is 0.143. The van der Waals surface area contributed by atoms with Gasteiger partial charge in [0.15, 0.2) is 0 Å². The van der Waals surface area contributed by atoms with E-state index in [9.17, 15) is 4.39 Å². The third kappa shape index (κ3) is 1.74. The maximum Gasteiger partial charge on any atom is 0.142 e. The quantitative estimate of drug-likeness (QED) is 0.624. The lowest BCUT2D eigenvalue weighted by Crippen LogP contribution is -1.94.